The fourth-order valence-electron chi connectivity index (χ4n) is 2.01. The van der Waals surface area contributed by atoms with E-state index in [0.717, 1.165) is 36.7 Å². The zero-order valence-electron chi connectivity index (χ0n) is 11.1. The van der Waals surface area contributed by atoms with E-state index in [1.807, 2.05) is 29.5 Å². The van der Waals surface area contributed by atoms with Crippen molar-refractivity contribution in [1.82, 2.24) is 14.4 Å². The topological polar surface area (TPSA) is 66.9 Å². The van der Waals surface area contributed by atoms with Crippen LogP contribution in [0.1, 0.15) is 26.7 Å². The summed E-state index contributed by atoms with van der Waals surface area (Å²) in [5.41, 5.74) is 1.32. The van der Waals surface area contributed by atoms with Gasteiger partial charge in [-0.05, 0) is 25.5 Å². The first-order valence-electron chi connectivity index (χ1n) is 6.50. The largest absolute Gasteiger partial charge is 0.330 e. The van der Waals surface area contributed by atoms with Gasteiger partial charge in [0.25, 0.3) is 0 Å². The van der Waals surface area contributed by atoms with E-state index < -0.39 is 0 Å². The first-order valence-corrected chi connectivity index (χ1v) is 6.50. The summed E-state index contributed by atoms with van der Waals surface area (Å²) in [6.45, 7) is 4.81. The van der Waals surface area contributed by atoms with E-state index in [9.17, 15) is 0 Å². The molecule has 2 aromatic heterocycles. The van der Waals surface area contributed by atoms with Crippen molar-refractivity contribution in [2.75, 3.05) is 11.9 Å². The van der Waals surface area contributed by atoms with Gasteiger partial charge in [0, 0.05) is 6.54 Å². The first-order chi connectivity index (χ1) is 9.28. The molecule has 1 aliphatic heterocycles. The Morgan fingerprint density at radius 2 is 2.21 bits per heavy atom. The molecular formula is C13H16N6. The van der Waals surface area contributed by atoms with Gasteiger partial charge >= 0.3 is 0 Å². The van der Waals surface area contributed by atoms with E-state index in [1.165, 1.54) is 0 Å². The SMILES string of the molecule is CCCCN=c1nc2n3c(cccc3n1)NC(C)=N2. The summed E-state index contributed by atoms with van der Waals surface area (Å²) in [5, 5.41) is 3.20. The Hall–Kier alpha value is -2.24. The standard InChI is InChI=1S/C13H16N6/c1-3-4-8-14-12-17-11-7-5-6-10-15-9(2)16-13(18-12)19(10)11/h5-7H,3-4,8H2,1-2H3,(H,14,15,16,17,18). The molecule has 0 saturated heterocycles. The highest BCUT2D eigenvalue weighted by molar-refractivity contribution is 5.96. The molecule has 0 radical (unpaired) electrons. The van der Waals surface area contributed by atoms with Crippen LogP contribution in [0.3, 0.4) is 0 Å². The lowest BCUT2D eigenvalue weighted by Crippen LogP contribution is -2.22. The van der Waals surface area contributed by atoms with Crippen molar-refractivity contribution in [1.29, 1.82) is 0 Å². The van der Waals surface area contributed by atoms with E-state index in [0.29, 0.717) is 11.6 Å². The van der Waals surface area contributed by atoms with Gasteiger partial charge in [-0.1, -0.05) is 19.4 Å². The smallest absolute Gasteiger partial charge is 0.250 e. The molecule has 0 atom stereocenters. The van der Waals surface area contributed by atoms with Crippen LogP contribution in [0, 0.1) is 0 Å². The number of aliphatic imine (C=N–C) groups is 1. The summed E-state index contributed by atoms with van der Waals surface area (Å²) in [6, 6.07) is 5.88. The van der Waals surface area contributed by atoms with Crippen LogP contribution < -0.4 is 10.9 Å². The highest BCUT2D eigenvalue weighted by Gasteiger charge is 2.12. The van der Waals surface area contributed by atoms with Gasteiger partial charge in [0.2, 0.25) is 11.6 Å². The molecule has 6 heteroatoms. The third-order valence-electron chi connectivity index (χ3n) is 2.93. The van der Waals surface area contributed by atoms with Gasteiger partial charge in [-0.2, -0.15) is 15.0 Å². The van der Waals surface area contributed by atoms with E-state index in [4.69, 9.17) is 0 Å². The molecular weight excluding hydrogens is 240 g/mol. The Bertz CT molecular complexity index is 713. The molecule has 1 aliphatic rings. The number of aromatic nitrogens is 3. The number of pyridine rings is 1. The fraction of sp³-hybridized carbons (Fsp3) is 0.385. The summed E-state index contributed by atoms with van der Waals surface area (Å²) in [4.78, 5) is 17.7. The van der Waals surface area contributed by atoms with E-state index in [1.54, 1.807) is 0 Å². The number of nitrogens with one attached hydrogen (secondary N) is 1. The predicted octanol–water partition coefficient (Wildman–Crippen LogP) is 1.91. The predicted molar refractivity (Wildman–Crippen MR) is 74.7 cm³/mol. The van der Waals surface area contributed by atoms with Crippen LogP contribution in [0.4, 0.5) is 11.8 Å². The number of hydrogen-bond donors (Lipinski definition) is 1. The molecule has 3 heterocycles. The Labute approximate surface area is 111 Å². The van der Waals surface area contributed by atoms with E-state index in [2.05, 4.69) is 32.2 Å². The van der Waals surface area contributed by atoms with Crippen LogP contribution in [0.5, 0.6) is 0 Å². The van der Waals surface area contributed by atoms with Gasteiger partial charge in [-0.3, -0.25) is 0 Å². The Morgan fingerprint density at radius 1 is 1.32 bits per heavy atom. The minimum Gasteiger partial charge on any atom is -0.330 e. The highest BCUT2D eigenvalue weighted by Crippen LogP contribution is 2.20. The molecule has 2 aromatic rings. The Kier molecular flexibility index (Phi) is 2.98. The lowest BCUT2D eigenvalue weighted by atomic mass is 10.3. The number of anilines is 1. The monoisotopic (exact) mass is 256 g/mol. The number of amidine groups is 1. The Balaban J connectivity index is 2.18. The van der Waals surface area contributed by atoms with E-state index in [-0.39, 0.29) is 0 Å². The minimum absolute atomic E-state index is 0.513. The zero-order chi connectivity index (χ0) is 13.2. The van der Waals surface area contributed by atoms with Crippen molar-refractivity contribution in [3.05, 3.63) is 23.8 Å². The van der Waals surface area contributed by atoms with Gasteiger partial charge in [0.15, 0.2) is 0 Å². The fourth-order valence-corrected chi connectivity index (χ4v) is 2.01. The molecule has 0 spiro atoms. The minimum atomic E-state index is 0.513. The third-order valence-corrected chi connectivity index (χ3v) is 2.93. The number of hydrogen-bond acceptors (Lipinski definition) is 5. The molecule has 0 aliphatic carbocycles. The molecule has 98 valence electrons. The van der Waals surface area contributed by atoms with Crippen molar-refractivity contribution in [2.24, 2.45) is 9.98 Å². The lowest BCUT2D eigenvalue weighted by Gasteiger charge is -2.16. The number of unbranched alkanes of at least 4 members (excludes halogenated alkanes) is 1. The van der Waals surface area contributed by atoms with E-state index >= 15 is 0 Å². The number of nitrogens with zero attached hydrogens (tertiary/aromatic N) is 5. The lowest BCUT2D eigenvalue weighted by molar-refractivity contribution is 0.770. The van der Waals surface area contributed by atoms with Crippen LogP contribution in [0.2, 0.25) is 0 Å². The van der Waals surface area contributed by atoms with Crippen LogP contribution in [0.15, 0.2) is 28.2 Å². The van der Waals surface area contributed by atoms with Crippen LogP contribution >= 0.6 is 0 Å². The van der Waals surface area contributed by atoms with Gasteiger partial charge in [-0.15, -0.1) is 0 Å². The summed E-state index contributed by atoms with van der Waals surface area (Å²) in [7, 11) is 0. The third kappa shape index (κ3) is 2.21. The molecule has 0 aromatic carbocycles. The zero-order valence-corrected chi connectivity index (χ0v) is 11.1. The van der Waals surface area contributed by atoms with Gasteiger partial charge < -0.3 is 5.32 Å². The Morgan fingerprint density at radius 3 is 3.05 bits per heavy atom. The summed E-state index contributed by atoms with van der Waals surface area (Å²) < 4.78 is 1.89. The summed E-state index contributed by atoms with van der Waals surface area (Å²) >= 11 is 0. The molecule has 3 rings (SSSR count). The second kappa shape index (κ2) is 4.79. The molecule has 0 bridgehead atoms. The first kappa shape index (κ1) is 11.8. The molecule has 19 heavy (non-hydrogen) atoms. The maximum atomic E-state index is 4.45. The second-order valence-electron chi connectivity index (χ2n) is 4.49. The summed E-state index contributed by atoms with van der Waals surface area (Å²) in [6.07, 6.45) is 2.16. The second-order valence-corrected chi connectivity index (χ2v) is 4.49. The van der Waals surface area contributed by atoms with Crippen molar-refractivity contribution in [3.63, 3.8) is 0 Å². The molecule has 0 fully saturated rings. The van der Waals surface area contributed by atoms with Crippen molar-refractivity contribution in [3.8, 4) is 0 Å². The van der Waals surface area contributed by atoms with Gasteiger partial charge in [-0.25, -0.2) is 9.39 Å². The van der Waals surface area contributed by atoms with Crippen LogP contribution in [-0.4, -0.2) is 26.7 Å². The molecule has 0 saturated carbocycles. The highest BCUT2D eigenvalue weighted by atomic mass is 15.3. The maximum absolute atomic E-state index is 4.45. The van der Waals surface area contributed by atoms with Crippen LogP contribution in [-0.2, 0) is 0 Å². The van der Waals surface area contributed by atoms with Crippen molar-refractivity contribution in [2.45, 2.75) is 26.7 Å². The number of rotatable bonds is 3. The maximum Gasteiger partial charge on any atom is 0.250 e. The van der Waals surface area contributed by atoms with Gasteiger partial charge in [0.05, 0.1) is 0 Å². The van der Waals surface area contributed by atoms with Crippen LogP contribution in [0.25, 0.3) is 5.65 Å². The molecule has 0 unspecified atom stereocenters. The molecule has 0 amide bonds. The van der Waals surface area contributed by atoms with Gasteiger partial charge in [0.1, 0.15) is 17.3 Å². The van der Waals surface area contributed by atoms with Crippen molar-refractivity contribution < 1.29 is 0 Å². The quantitative estimate of drug-likeness (QED) is 0.853. The average molecular weight is 256 g/mol. The average Bonchev–Trinajstić information content (AvgIpc) is 2.38. The normalized spacial score (nSPS) is 14.4. The molecule has 1 N–H and O–H groups in total. The molecule has 6 nitrogen and oxygen atoms in total. The summed E-state index contributed by atoms with van der Waals surface area (Å²) in [5.74, 6) is 2.39. The van der Waals surface area contributed by atoms with Crippen molar-refractivity contribution >= 4 is 23.2 Å².